The average Bonchev–Trinajstić information content (AvgIpc) is 2.85. The van der Waals surface area contributed by atoms with Crippen LogP contribution in [0.4, 0.5) is 0 Å². The van der Waals surface area contributed by atoms with E-state index in [0.717, 1.165) is 28.6 Å². The van der Waals surface area contributed by atoms with Crippen molar-refractivity contribution in [3.63, 3.8) is 0 Å². The summed E-state index contributed by atoms with van der Waals surface area (Å²) in [5.74, 6) is 1.19. The van der Waals surface area contributed by atoms with Gasteiger partial charge in [0.25, 0.3) is 0 Å². The first-order chi connectivity index (χ1) is 9.64. The molecule has 1 saturated heterocycles. The molecule has 20 heavy (non-hydrogen) atoms. The van der Waals surface area contributed by atoms with Crippen molar-refractivity contribution >= 4 is 27.0 Å². The van der Waals surface area contributed by atoms with Crippen LogP contribution in [0.25, 0.3) is 11.0 Å². The van der Waals surface area contributed by atoms with Crippen LogP contribution >= 0.6 is 15.9 Å². The lowest BCUT2D eigenvalue weighted by Gasteiger charge is -2.35. The van der Waals surface area contributed by atoms with E-state index in [2.05, 4.69) is 52.2 Å². The van der Waals surface area contributed by atoms with Crippen molar-refractivity contribution in [2.75, 3.05) is 13.1 Å². The Kier molecular flexibility index (Phi) is 3.87. The Labute approximate surface area is 128 Å². The number of aromatic nitrogens is 2. The monoisotopic (exact) mass is 335 g/mol. The number of hydrogen-bond donors (Lipinski definition) is 2. The molecular formula is C16H22BrN3. The minimum atomic E-state index is 0.234. The van der Waals surface area contributed by atoms with Gasteiger partial charge in [0.05, 0.1) is 11.0 Å². The van der Waals surface area contributed by atoms with Crippen molar-refractivity contribution in [3.8, 4) is 0 Å². The molecule has 0 amide bonds. The first-order valence-electron chi connectivity index (χ1n) is 7.52. The van der Waals surface area contributed by atoms with Gasteiger partial charge in [0.15, 0.2) is 0 Å². The highest BCUT2D eigenvalue weighted by Gasteiger charge is 2.35. The highest BCUT2D eigenvalue weighted by atomic mass is 79.9. The Bertz CT molecular complexity index is 606. The van der Waals surface area contributed by atoms with Crippen molar-refractivity contribution in [3.05, 3.63) is 28.0 Å². The Morgan fingerprint density at radius 1 is 1.30 bits per heavy atom. The number of halogens is 1. The molecule has 1 aliphatic rings. The largest absolute Gasteiger partial charge is 0.341 e. The number of benzene rings is 1. The number of fused-ring (bicyclic) bond motifs is 1. The lowest BCUT2D eigenvalue weighted by atomic mass is 9.75. The van der Waals surface area contributed by atoms with E-state index in [1.807, 2.05) is 0 Å². The second-order valence-electron chi connectivity index (χ2n) is 5.98. The number of H-pyrrole nitrogens is 1. The Morgan fingerprint density at radius 2 is 2.05 bits per heavy atom. The lowest BCUT2D eigenvalue weighted by Crippen LogP contribution is -2.40. The van der Waals surface area contributed by atoms with Gasteiger partial charge in [-0.05, 0) is 57.0 Å². The standard InChI is InChI=1S/C16H22BrN3/c1-3-4-16(5-7-18-8-6-16)15-19-13-10-12(17)9-11(2)14(13)20-15/h9-10,18H,3-8H2,1-2H3,(H,19,20). The molecule has 0 spiro atoms. The molecule has 2 heterocycles. The second-order valence-corrected chi connectivity index (χ2v) is 6.90. The number of nitrogens with zero attached hydrogens (tertiary/aromatic N) is 1. The molecule has 4 heteroatoms. The number of rotatable bonds is 3. The normalized spacial score (nSPS) is 18.6. The van der Waals surface area contributed by atoms with Crippen molar-refractivity contribution < 1.29 is 0 Å². The van der Waals surface area contributed by atoms with Crippen LogP contribution in [0.5, 0.6) is 0 Å². The summed E-state index contributed by atoms with van der Waals surface area (Å²) in [5.41, 5.74) is 3.74. The quantitative estimate of drug-likeness (QED) is 0.888. The molecule has 3 rings (SSSR count). The van der Waals surface area contributed by atoms with Gasteiger partial charge in [-0.15, -0.1) is 0 Å². The highest BCUT2D eigenvalue weighted by Crippen LogP contribution is 2.37. The van der Waals surface area contributed by atoms with Crippen molar-refractivity contribution in [1.82, 2.24) is 15.3 Å². The number of imidazole rings is 1. The third-order valence-corrected chi connectivity index (χ3v) is 4.99. The molecule has 1 fully saturated rings. The lowest BCUT2D eigenvalue weighted by molar-refractivity contribution is 0.273. The molecule has 2 N–H and O–H groups in total. The molecule has 108 valence electrons. The summed E-state index contributed by atoms with van der Waals surface area (Å²) in [5, 5.41) is 3.47. The van der Waals surface area contributed by atoms with Crippen LogP contribution in [0.3, 0.4) is 0 Å². The van der Waals surface area contributed by atoms with E-state index >= 15 is 0 Å². The molecule has 0 aliphatic carbocycles. The van der Waals surface area contributed by atoms with Crippen LogP contribution in [0.15, 0.2) is 16.6 Å². The summed E-state index contributed by atoms with van der Waals surface area (Å²) in [6, 6.07) is 4.28. The fourth-order valence-electron chi connectivity index (χ4n) is 3.49. The molecule has 1 aliphatic heterocycles. The van der Waals surface area contributed by atoms with Crippen LogP contribution in [-0.2, 0) is 5.41 Å². The highest BCUT2D eigenvalue weighted by molar-refractivity contribution is 9.10. The van der Waals surface area contributed by atoms with Crippen LogP contribution in [-0.4, -0.2) is 23.1 Å². The summed E-state index contributed by atoms with van der Waals surface area (Å²) in [6.07, 6.45) is 4.79. The van der Waals surface area contributed by atoms with E-state index in [0.29, 0.717) is 0 Å². The van der Waals surface area contributed by atoms with Crippen LogP contribution in [0.2, 0.25) is 0 Å². The minimum Gasteiger partial charge on any atom is -0.341 e. The number of piperidine rings is 1. The van der Waals surface area contributed by atoms with Crippen LogP contribution in [0.1, 0.15) is 44.0 Å². The van der Waals surface area contributed by atoms with E-state index in [1.54, 1.807) is 0 Å². The van der Waals surface area contributed by atoms with Gasteiger partial charge in [-0.2, -0.15) is 0 Å². The number of hydrogen-bond acceptors (Lipinski definition) is 2. The van der Waals surface area contributed by atoms with E-state index in [1.165, 1.54) is 37.1 Å². The van der Waals surface area contributed by atoms with Gasteiger partial charge >= 0.3 is 0 Å². The van der Waals surface area contributed by atoms with Crippen molar-refractivity contribution in [2.24, 2.45) is 0 Å². The molecule has 0 saturated carbocycles. The zero-order valence-corrected chi connectivity index (χ0v) is 13.8. The fourth-order valence-corrected chi connectivity index (χ4v) is 4.06. The molecule has 2 aromatic rings. The maximum atomic E-state index is 4.96. The van der Waals surface area contributed by atoms with Gasteiger partial charge in [0.2, 0.25) is 0 Å². The molecule has 0 bridgehead atoms. The first kappa shape index (κ1) is 14.1. The third kappa shape index (κ3) is 2.40. The average molecular weight is 336 g/mol. The smallest absolute Gasteiger partial charge is 0.113 e. The van der Waals surface area contributed by atoms with Gasteiger partial charge in [0, 0.05) is 9.89 Å². The Hall–Kier alpha value is -0.870. The summed E-state index contributed by atoms with van der Waals surface area (Å²) in [6.45, 7) is 6.60. The summed E-state index contributed by atoms with van der Waals surface area (Å²) in [4.78, 5) is 8.57. The minimum absolute atomic E-state index is 0.234. The third-order valence-electron chi connectivity index (χ3n) is 4.53. The van der Waals surface area contributed by atoms with Gasteiger partial charge in [-0.3, -0.25) is 0 Å². The van der Waals surface area contributed by atoms with Crippen LogP contribution in [0, 0.1) is 6.92 Å². The molecule has 0 radical (unpaired) electrons. The zero-order valence-electron chi connectivity index (χ0n) is 12.2. The van der Waals surface area contributed by atoms with Crippen molar-refractivity contribution in [1.29, 1.82) is 0 Å². The molecule has 1 aromatic carbocycles. The topological polar surface area (TPSA) is 40.7 Å². The summed E-state index contributed by atoms with van der Waals surface area (Å²) < 4.78 is 1.12. The summed E-state index contributed by atoms with van der Waals surface area (Å²) >= 11 is 3.57. The van der Waals surface area contributed by atoms with Gasteiger partial charge < -0.3 is 10.3 Å². The van der Waals surface area contributed by atoms with E-state index in [-0.39, 0.29) is 5.41 Å². The second kappa shape index (κ2) is 5.49. The SMILES string of the molecule is CCCC1(c2nc3c(C)cc(Br)cc3[nH]2)CCNCC1. The Morgan fingerprint density at radius 3 is 2.75 bits per heavy atom. The predicted octanol–water partition coefficient (Wildman–Crippen LogP) is 4.06. The molecule has 0 unspecified atom stereocenters. The molecule has 3 nitrogen and oxygen atoms in total. The maximum absolute atomic E-state index is 4.96. The summed E-state index contributed by atoms with van der Waals surface area (Å²) in [7, 11) is 0. The maximum Gasteiger partial charge on any atom is 0.113 e. The Balaban J connectivity index is 2.09. The number of aromatic amines is 1. The van der Waals surface area contributed by atoms with E-state index in [9.17, 15) is 0 Å². The zero-order chi connectivity index (χ0) is 14.2. The van der Waals surface area contributed by atoms with Crippen molar-refractivity contribution in [2.45, 2.75) is 44.9 Å². The fraction of sp³-hybridized carbons (Fsp3) is 0.562. The van der Waals surface area contributed by atoms with Gasteiger partial charge in [-0.1, -0.05) is 29.3 Å². The molecule has 1 aromatic heterocycles. The van der Waals surface area contributed by atoms with Gasteiger partial charge in [0.1, 0.15) is 5.82 Å². The van der Waals surface area contributed by atoms with E-state index < -0.39 is 0 Å². The number of nitrogens with one attached hydrogen (secondary N) is 2. The van der Waals surface area contributed by atoms with Crippen LogP contribution < -0.4 is 5.32 Å². The molecule has 0 atom stereocenters. The number of aryl methyl sites for hydroxylation is 1. The van der Waals surface area contributed by atoms with E-state index in [4.69, 9.17) is 4.98 Å². The van der Waals surface area contributed by atoms with Gasteiger partial charge in [-0.25, -0.2) is 4.98 Å². The first-order valence-corrected chi connectivity index (χ1v) is 8.31. The molecular weight excluding hydrogens is 314 g/mol. The predicted molar refractivity (Wildman–Crippen MR) is 87.2 cm³/mol.